The molecule has 1 aliphatic carbocycles. The summed E-state index contributed by atoms with van der Waals surface area (Å²) in [6.45, 7) is 8.21. The van der Waals surface area contributed by atoms with Crippen LogP contribution in [-0.2, 0) is 0 Å². The van der Waals surface area contributed by atoms with Crippen LogP contribution in [0.3, 0.4) is 0 Å². The molecule has 10 aromatic rings. The molecule has 11 rings (SSSR count). The topological polar surface area (TPSA) is 18.5 Å². The monoisotopic (exact) mass is 870 g/mol. The van der Waals surface area contributed by atoms with Crippen molar-refractivity contribution >= 4 is 43.1 Å². The van der Waals surface area contributed by atoms with Gasteiger partial charge in [-0.2, -0.15) is 0 Å². The first-order valence-corrected chi connectivity index (χ1v) is 24.8. The third-order valence-corrected chi connectivity index (χ3v) is 14.3. The summed E-state index contributed by atoms with van der Waals surface area (Å²) in [7, 11) is 0. The summed E-state index contributed by atoms with van der Waals surface area (Å²) in [6.07, 6.45) is 7.80. The summed E-state index contributed by atoms with van der Waals surface area (Å²) in [5.74, 6) is 2.16. The molecule has 0 unspecified atom stereocenters. The molecule has 2 nitrogen and oxygen atoms in total. The maximum Gasteiger partial charge on any atom is 0.119 e. The quantitative estimate of drug-likeness (QED) is 0.0755. The molecule has 1 aliphatic rings. The second-order valence-corrected chi connectivity index (χ2v) is 18.4. The van der Waals surface area contributed by atoms with Gasteiger partial charge in [-0.25, -0.2) is 0 Å². The second-order valence-electron chi connectivity index (χ2n) is 18.4. The molecular weight excluding hydrogens is 813 g/mol. The summed E-state index contributed by atoms with van der Waals surface area (Å²) < 4.78 is 12.2. The third kappa shape index (κ3) is 7.73. The molecule has 0 spiro atoms. The Labute approximate surface area is 395 Å². The van der Waals surface area contributed by atoms with Crippen molar-refractivity contribution in [2.75, 3.05) is 13.2 Å². The van der Waals surface area contributed by atoms with E-state index in [1.54, 1.807) is 0 Å². The highest BCUT2D eigenvalue weighted by Crippen LogP contribution is 2.52. The molecule has 0 aliphatic heterocycles. The summed E-state index contributed by atoms with van der Waals surface area (Å²) in [5, 5.41) is 10.2. The summed E-state index contributed by atoms with van der Waals surface area (Å²) in [5.41, 5.74) is 15.8. The lowest BCUT2D eigenvalue weighted by atomic mass is 9.83. The highest BCUT2D eigenvalue weighted by molar-refractivity contribution is 6.23. The van der Waals surface area contributed by atoms with Crippen LogP contribution in [0.25, 0.3) is 98.7 Å². The zero-order valence-electron chi connectivity index (χ0n) is 39.1. The number of hydrogen-bond acceptors (Lipinski definition) is 2. The molecule has 2 heteroatoms. The first kappa shape index (κ1) is 42.5. The maximum absolute atomic E-state index is 6.08. The molecule has 67 heavy (non-hydrogen) atoms. The normalized spacial score (nSPS) is 12.3. The van der Waals surface area contributed by atoms with Crippen LogP contribution >= 0.6 is 0 Å². The Morgan fingerprint density at radius 3 is 0.940 bits per heavy atom. The number of benzene rings is 10. The predicted molar refractivity (Wildman–Crippen MR) is 286 cm³/mol. The van der Waals surface area contributed by atoms with E-state index in [9.17, 15) is 0 Å². The zero-order chi connectivity index (χ0) is 45.3. The van der Waals surface area contributed by atoms with Gasteiger partial charge in [0.15, 0.2) is 0 Å². The molecule has 0 atom stereocenters. The molecule has 0 aromatic heterocycles. The molecule has 0 amide bonds. The smallest absolute Gasteiger partial charge is 0.119 e. The van der Waals surface area contributed by atoms with Crippen molar-refractivity contribution in [2.45, 2.75) is 71.6 Å². The lowest BCUT2D eigenvalue weighted by Crippen LogP contribution is -1.98. The Kier molecular flexibility index (Phi) is 11.8. The van der Waals surface area contributed by atoms with E-state index in [1.165, 1.54) is 116 Å². The third-order valence-electron chi connectivity index (χ3n) is 14.3. The van der Waals surface area contributed by atoms with E-state index in [4.69, 9.17) is 9.47 Å². The highest BCUT2D eigenvalue weighted by atomic mass is 16.5. The Morgan fingerprint density at radius 2 is 0.627 bits per heavy atom. The van der Waals surface area contributed by atoms with Gasteiger partial charge < -0.3 is 9.47 Å². The van der Waals surface area contributed by atoms with E-state index in [2.05, 4.69) is 203 Å². The first-order valence-electron chi connectivity index (χ1n) is 24.8. The van der Waals surface area contributed by atoms with E-state index in [-0.39, 0.29) is 0 Å². The van der Waals surface area contributed by atoms with Gasteiger partial charge in [0.2, 0.25) is 0 Å². The Balaban J connectivity index is 1.03. The molecule has 0 N–H and O–H groups in total. The van der Waals surface area contributed by atoms with Crippen LogP contribution in [0.4, 0.5) is 0 Å². The minimum Gasteiger partial charge on any atom is -0.494 e. The number of ether oxygens (including phenoxy) is 2. The lowest BCUT2D eigenvalue weighted by molar-refractivity contribution is 0.309. The van der Waals surface area contributed by atoms with Gasteiger partial charge in [-0.1, -0.05) is 192 Å². The number of unbranched alkanes of at least 4 members (excludes halogenated alkanes) is 3. The summed E-state index contributed by atoms with van der Waals surface area (Å²) >= 11 is 0. The van der Waals surface area contributed by atoms with Crippen LogP contribution in [0.2, 0.25) is 0 Å². The van der Waals surface area contributed by atoms with E-state index in [0.29, 0.717) is 5.92 Å². The minimum absolute atomic E-state index is 0.301. The largest absolute Gasteiger partial charge is 0.494 e. The lowest BCUT2D eigenvalue weighted by Gasteiger charge is -2.20. The van der Waals surface area contributed by atoms with Crippen molar-refractivity contribution in [3.05, 3.63) is 193 Å². The predicted octanol–water partition coefficient (Wildman–Crippen LogP) is 18.6. The van der Waals surface area contributed by atoms with Crippen molar-refractivity contribution in [3.8, 4) is 67.1 Å². The van der Waals surface area contributed by atoms with Crippen LogP contribution in [0.15, 0.2) is 182 Å². The first-order chi connectivity index (χ1) is 33.1. The number of fused-ring (bicyclic) bond motifs is 7. The van der Waals surface area contributed by atoms with Crippen LogP contribution < -0.4 is 9.47 Å². The van der Waals surface area contributed by atoms with Gasteiger partial charge >= 0.3 is 0 Å². The number of hydrogen-bond donors (Lipinski definition) is 0. The molecule has 0 saturated carbocycles. The average Bonchev–Trinajstić information content (AvgIpc) is 3.68. The van der Waals surface area contributed by atoms with Crippen LogP contribution in [0, 0.1) is 0 Å². The maximum atomic E-state index is 6.08. The van der Waals surface area contributed by atoms with E-state index in [0.717, 1.165) is 63.2 Å². The Morgan fingerprint density at radius 1 is 0.328 bits per heavy atom. The molecule has 0 heterocycles. The fourth-order valence-corrected chi connectivity index (χ4v) is 11.0. The highest BCUT2D eigenvalue weighted by Gasteiger charge is 2.30. The molecule has 330 valence electrons. The number of rotatable bonds is 15. The SMILES string of the molecule is CCCCOc1ccc(-c2c3ccccc3c(-c3ccc4c(c3)C(CCCC)c3cc(-c5c6ccccc6c(-c6ccc(OCCCC)cc6)c6ccccc56)ccc3-4)c3ccccc23)cc1. The van der Waals surface area contributed by atoms with Gasteiger partial charge in [0, 0.05) is 5.92 Å². The van der Waals surface area contributed by atoms with Gasteiger partial charge in [0.25, 0.3) is 0 Å². The van der Waals surface area contributed by atoms with Gasteiger partial charge in [-0.05, 0) is 166 Å². The standard InChI is InChI=1S/C65H58O2/c1-4-7-18-49-60-41-45(64-56-23-14-10-19-52(56)62(53-20-11-15-24-57(53)64)43-27-33-47(34-28-43)66-39-8-5-2)31-37-50(60)51-38-32-46(42-61(49)51)65-58-25-16-12-21-54(58)63(55-22-13-17-26-59(55)65)44-29-35-48(36-30-44)67-40-9-6-3/h10-17,19-38,41-42,49H,4-9,18,39-40H2,1-3H3. The molecule has 10 aromatic carbocycles. The minimum atomic E-state index is 0.301. The van der Waals surface area contributed by atoms with Crippen molar-refractivity contribution in [1.82, 2.24) is 0 Å². The fraction of sp³-hybridized carbons (Fsp3) is 0.200. The molecule has 0 fully saturated rings. The van der Waals surface area contributed by atoms with Gasteiger partial charge in [-0.3, -0.25) is 0 Å². The molecular formula is C65H58O2. The van der Waals surface area contributed by atoms with Crippen molar-refractivity contribution in [1.29, 1.82) is 0 Å². The van der Waals surface area contributed by atoms with Gasteiger partial charge in [-0.15, -0.1) is 0 Å². The summed E-state index contributed by atoms with van der Waals surface area (Å²) in [6, 6.07) is 68.2. The second kappa shape index (κ2) is 18.6. The van der Waals surface area contributed by atoms with E-state index < -0.39 is 0 Å². The van der Waals surface area contributed by atoms with Crippen LogP contribution in [-0.4, -0.2) is 13.2 Å². The molecule has 0 radical (unpaired) electrons. The Hall–Kier alpha value is -7.16. The van der Waals surface area contributed by atoms with E-state index in [1.807, 2.05) is 0 Å². The van der Waals surface area contributed by atoms with Crippen molar-refractivity contribution in [2.24, 2.45) is 0 Å². The molecule has 0 bridgehead atoms. The van der Waals surface area contributed by atoms with Gasteiger partial charge in [0.05, 0.1) is 13.2 Å². The van der Waals surface area contributed by atoms with E-state index >= 15 is 0 Å². The van der Waals surface area contributed by atoms with Crippen LogP contribution in [0.5, 0.6) is 11.5 Å². The summed E-state index contributed by atoms with van der Waals surface area (Å²) in [4.78, 5) is 0. The van der Waals surface area contributed by atoms with Crippen molar-refractivity contribution < 1.29 is 9.47 Å². The fourth-order valence-electron chi connectivity index (χ4n) is 11.0. The van der Waals surface area contributed by atoms with Crippen LogP contribution in [0.1, 0.15) is 82.8 Å². The average molecular weight is 871 g/mol. The van der Waals surface area contributed by atoms with Crippen molar-refractivity contribution in [3.63, 3.8) is 0 Å². The zero-order valence-corrected chi connectivity index (χ0v) is 39.1. The molecule has 0 saturated heterocycles. The Bertz CT molecular complexity index is 3070. The van der Waals surface area contributed by atoms with Gasteiger partial charge in [0.1, 0.15) is 11.5 Å².